The molecule has 0 bridgehead atoms. The molecule has 23 heavy (non-hydrogen) atoms. The minimum atomic E-state index is -1.27. The van der Waals surface area contributed by atoms with Crippen LogP contribution >= 0.6 is 0 Å². The fourth-order valence-electron chi connectivity index (χ4n) is 3.41. The fraction of sp³-hybridized carbons (Fsp3) is 0.294. The van der Waals surface area contributed by atoms with Crippen molar-refractivity contribution in [2.45, 2.75) is 18.3 Å². The first kappa shape index (κ1) is 13.0. The van der Waals surface area contributed by atoms with Crippen LogP contribution < -0.4 is 18.9 Å². The molecule has 0 aromatic heterocycles. The zero-order valence-electron chi connectivity index (χ0n) is 12.1. The van der Waals surface area contributed by atoms with E-state index in [1.54, 1.807) is 24.3 Å². The van der Waals surface area contributed by atoms with Crippen LogP contribution in [0.3, 0.4) is 0 Å². The fourth-order valence-corrected chi connectivity index (χ4v) is 3.41. The van der Waals surface area contributed by atoms with Crippen LogP contribution in [0.4, 0.5) is 0 Å². The van der Waals surface area contributed by atoms with Crippen molar-refractivity contribution in [1.82, 2.24) is 0 Å². The number of aliphatic hydroxyl groups excluding tert-OH is 1. The number of aliphatic hydroxyl groups is 2. The lowest BCUT2D eigenvalue weighted by Crippen LogP contribution is -2.41. The minimum Gasteiger partial charge on any atom is -0.490 e. The minimum absolute atomic E-state index is 0.0615. The molecule has 2 aromatic carbocycles. The molecular weight excluding hydrogens is 300 g/mol. The van der Waals surface area contributed by atoms with E-state index < -0.39 is 11.7 Å². The molecule has 0 amide bonds. The van der Waals surface area contributed by atoms with Crippen molar-refractivity contribution in [3.8, 4) is 23.0 Å². The number of rotatable bonds is 1. The monoisotopic (exact) mass is 314 g/mol. The number of fused-ring (bicyclic) bond motifs is 6. The third-order valence-corrected chi connectivity index (χ3v) is 4.61. The SMILES string of the molecule is OCc1ccc2c(c1)OC[C@]1(O)c3cc4c(cc3O[C@H]21)OCO4. The average Bonchev–Trinajstić information content (AvgIpc) is 3.14. The van der Waals surface area contributed by atoms with E-state index in [9.17, 15) is 10.2 Å². The molecule has 3 heterocycles. The first-order chi connectivity index (χ1) is 11.2. The van der Waals surface area contributed by atoms with Gasteiger partial charge in [-0.2, -0.15) is 0 Å². The van der Waals surface area contributed by atoms with E-state index in [1.807, 2.05) is 6.07 Å². The molecule has 0 aliphatic carbocycles. The van der Waals surface area contributed by atoms with Gasteiger partial charge in [-0.15, -0.1) is 0 Å². The van der Waals surface area contributed by atoms with Crippen LogP contribution in [-0.4, -0.2) is 23.6 Å². The lowest BCUT2D eigenvalue weighted by Gasteiger charge is -2.35. The first-order valence-corrected chi connectivity index (χ1v) is 7.39. The Morgan fingerprint density at radius 2 is 1.83 bits per heavy atom. The normalized spacial score (nSPS) is 25.9. The lowest BCUT2D eigenvalue weighted by atomic mass is 9.84. The van der Waals surface area contributed by atoms with Crippen molar-refractivity contribution in [2.24, 2.45) is 0 Å². The zero-order chi connectivity index (χ0) is 15.6. The Kier molecular flexibility index (Phi) is 2.44. The number of benzene rings is 2. The van der Waals surface area contributed by atoms with Gasteiger partial charge in [0.2, 0.25) is 6.79 Å². The second-order valence-corrected chi connectivity index (χ2v) is 5.94. The zero-order valence-corrected chi connectivity index (χ0v) is 12.1. The highest BCUT2D eigenvalue weighted by atomic mass is 16.7. The largest absolute Gasteiger partial charge is 0.490 e. The quantitative estimate of drug-likeness (QED) is 0.833. The highest BCUT2D eigenvalue weighted by molar-refractivity contribution is 5.58. The summed E-state index contributed by atoms with van der Waals surface area (Å²) < 4.78 is 22.5. The van der Waals surface area contributed by atoms with Crippen LogP contribution in [0, 0.1) is 0 Å². The van der Waals surface area contributed by atoms with Crippen molar-refractivity contribution >= 4 is 0 Å². The van der Waals surface area contributed by atoms with Gasteiger partial charge < -0.3 is 29.2 Å². The molecule has 0 saturated heterocycles. The Morgan fingerprint density at radius 1 is 1.00 bits per heavy atom. The van der Waals surface area contributed by atoms with Crippen LogP contribution in [0.2, 0.25) is 0 Å². The molecule has 3 aliphatic heterocycles. The second kappa shape index (κ2) is 4.31. The van der Waals surface area contributed by atoms with Crippen LogP contribution in [0.1, 0.15) is 22.8 Å². The molecule has 6 heteroatoms. The van der Waals surface area contributed by atoms with Gasteiger partial charge in [-0.3, -0.25) is 0 Å². The molecule has 0 unspecified atom stereocenters. The van der Waals surface area contributed by atoms with Crippen molar-refractivity contribution < 1.29 is 29.2 Å². The van der Waals surface area contributed by atoms with E-state index in [4.69, 9.17) is 18.9 Å². The summed E-state index contributed by atoms with van der Waals surface area (Å²) in [5, 5.41) is 20.4. The Morgan fingerprint density at radius 3 is 2.65 bits per heavy atom. The van der Waals surface area contributed by atoms with E-state index >= 15 is 0 Å². The van der Waals surface area contributed by atoms with Crippen LogP contribution in [0.5, 0.6) is 23.0 Å². The molecular formula is C17H14O6. The summed E-state index contributed by atoms with van der Waals surface area (Å²) in [7, 11) is 0. The predicted molar refractivity (Wildman–Crippen MR) is 77.7 cm³/mol. The van der Waals surface area contributed by atoms with Gasteiger partial charge >= 0.3 is 0 Å². The summed E-state index contributed by atoms with van der Waals surface area (Å²) in [4.78, 5) is 0. The molecule has 2 N–H and O–H groups in total. The van der Waals surface area contributed by atoms with Gasteiger partial charge in [-0.25, -0.2) is 0 Å². The summed E-state index contributed by atoms with van der Waals surface area (Å²) in [6.45, 7) is 0.184. The molecule has 0 saturated carbocycles. The van der Waals surface area contributed by atoms with E-state index in [0.29, 0.717) is 28.6 Å². The highest BCUT2D eigenvalue weighted by Gasteiger charge is 2.53. The third-order valence-electron chi connectivity index (χ3n) is 4.61. The van der Waals surface area contributed by atoms with E-state index in [0.717, 1.165) is 11.1 Å². The predicted octanol–water partition coefficient (Wildman–Crippen LogP) is 1.62. The van der Waals surface area contributed by atoms with Gasteiger partial charge in [0.15, 0.2) is 23.2 Å². The summed E-state index contributed by atoms with van der Waals surface area (Å²) in [5.74, 6) is 2.41. The third kappa shape index (κ3) is 1.64. The Labute approximate surface area is 131 Å². The smallest absolute Gasteiger partial charge is 0.231 e. The lowest BCUT2D eigenvalue weighted by molar-refractivity contribution is -0.0864. The summed E-state index contributed by atoms with van der Waals surface area (Å²) >= 11 is 0. The van der Waals surface area contributed by atoms with Crippen molar-refractivity contribution in [3.63, 3.8) is 0 Å². The standard InChI is InChI=1S/C17H14O6/c18-6-9-1-2-10-12(3-9)20-7-17(19)11-4-14-15(22-8-21-14)5-13(11)23-16(10)17/h1-5,16,18-19H,6-8H2/t16-,17+/m1/s1. The molecule has 0 fully saturated rings. The van der Waals surface area contributed by atoms with Crippen molar-refractivity contribution in [1.29, 1.82) is 0 Å². The molecule has 0 radical (unpaired) electrons. The number of hydrogen-bond donors (Lipinski definition) is 2. The maximum Gasteiger partial charge on any atom is 0.231 e. The van der Waals surface area contributed by atoms with Crippen molar-refractivity contribution in [2.75, 3.05) is 13.4 Å². The molecule has 0 spiro atoms. The van der Waals surface area contributed by atoms with Gasteiger partial charge in [0, 0.05) is 17.2 Å². The first-order valence-electron chi connectivity index (χ1n) is 7.39. The van der Waals surface area contributed by atoms with Crippen LogP contribution in [-0.2, 0) is 12.2 Å². The van der Waals surface area contributed by atoms with Crippen LogP contribution in [0.25, 0.3) is 0 Å². The number of hydrogen-bond acceptors (Lipinski definition) is 6. The number of ether oxygens (including phenoxy) is 4. The van der Waals surface area contributed by atoms with Gasteiger partial charge in [0.1, 0.15) is 18.1 Å². The van der Waals surface area contributed by atoms with Gasteiger partial charge in [0.05, 0.1) is 6.61 Å². The second-order valence-electron chi connectivity index (χ2n) is 5.94. The molecule has 5 rings (SSSR count). The maximum atomic E-state index is 11.2. The van der Waals surface area contributed by atoms with E-state index in [1.165, 1.54) is 0 Å². The van der Waals surface area contributed by atoms with Crippen molar-refractivity contribution in [3.05, 3.63) is 47.0 Å². The Balaban J connectivity index is 1.63. The molecule has 2 aromatic rings. The topological polar surface area (TPSA) is 77.4 Å². The van der Waals surface area contributed by atoms with Gasteiger partial charge in [0.25, 0.3) is 0 Å². The Hall–Kier alpha value is -2.44. The molecule has 118 valence electrons. The van der Waals surface area contributed by atoms with E-state index in [2.05, 4.69) is 0 Å². The maximum absolute atomic E-state index is 11.2. The summed E-state index contributed by atoms with van der Waals surface area (Å²) in [6, 6.07) is 8.89. The molecule has 6 nitrogen and oxygen atoms in total. The van der Waals surface area contributed by atoms with Gasteiger partial charge in [-0.1, -0.05) is 12.1 Å². The molecule has 2 atom stereocenters. The van der Waals surface area contributed by atoms with E-state index in [-0.39, 0.29) is 20.0 Å². The summed E-state index contributed by atoms with van der Waals surface area (Å²) in [5.41, 5.74) is 0.882. The van der Waals surface area contributed by atoms with Crippen LogP contribution in [0.15, 0.2) is 30.3 Å². The molecule has 3 aliphatic rings. The van der Waals surface area contributed by atoms with Gasteiger partial charge in [-0.05, 0) is 17.7 Å². The Bertz CT molecular complexity index is 817. The summed E-state index contributed by atoms with van der Waals surface area (Å²) in [6.07, 6.45) is -0.559. The average molecular weight is 314 g/mol. The highest BCUT2D eigenvalue weighted by Crippen LogP contribution is 2.56.